The molecule has 0 aromatic carbocycles. The summed E-state index contributed by atoms with van der Waals surface area (Å²) in [5.41, 5.74) is 1.43. The lowest BCUT2D eigenvalue weighted by molar-refractivity contribution is 0.481. The van der Waals surface area contributed by atoms with Crippen LogP contribution in [0.15, 0.2) is 24.4 Å². The number of pyridine rings is 1. The molecule has 0 aliphatic rings. The van der Waals surface area contributed by atoms with E-state index < -0.39 is 0 Å². The Morgan fingerprint density at radius 1 is 1.33 bits per heavy atom. The Labute approximate surface area is 74.8 Å². The standard InChI is InChI=1S/C11H16N/c1-11(2,3)8-7-10-6-4-5-9-12-10/h4-6,8-9H,7H2,1-3H3. The molecule has 0 bridgehead atoms. The Morgan fingerprint density at radius 2 is 2.08 bits per heavy atom. The first-order valence-corrected chi connectivity index (χ1v) is 4.32. The molecule has 0 spiro atoms. The molecule has 0 unspecified atom stereocenters. The van der Waals surface area contributed by atoms with Gasteiger partial charge in [-0.05, 0) is 30.4 Å². The first kappa shape index (κ1) is 9.24. The van der Waals surface area contributed by atoms with Crippen molar-refractivity contribution in [2.24, 2.45) is 5.41 Å². The molecule has 0 aliphatic carbocycles. The van der Waals surface area contributed by atoms with Gasteiger partial charge in [-0.25, -0.2) is 0 Å². The van der Waals surface area contributed by atoms with Gasteiger partial charge < -0.3 is 0 Å². The van der Waals surface area contributed by atoms with Crippen LogP contribution in [0.5, 0.6) is 0 Å². The molecular formula is C11H16N. The highest BCUT2D eigenvalue weighted by molar-refractivity contribution is 5.07. The highest BCUT2D eigenvalue weighted by Gasteiger charge is 2.10. The van der Waals surface area contributed by atoms with Crippen LogP contribution in [0.4, 0.5) is 0 Å². The number of nitrogens with zero attached hydrogens (tertiary/aromatic N) is 1. The van der Waals surface area contributed by atoms with Gasteiger partial charge in [-0.2, -0.15) is 0 Å². The molecule has 1 aromatic rings. The van der Waals surface area contributed by atoms with Crippen molar-refractivity contribution >= 4 is 0 Å². The SMILES string of the molecule is CC(C)(C)[CH]Cc1ccccn1. The minimum atomic E-state index is 0.289. The van der Waals surface area contributed by atoms with E-state index >= 15 is 0 Å². The smallest absolute Gasteiger partial charge is 0.0406 e. The van der Waals surface area contributed by atoms with Crippen LogP contribution >= 0.6 is 0 Å². The predicted molar refractivity (Wildman–Crippen MR) is 51.7 cm³/mol. The summed E-state index contributed by atoms with van der Waals surface area (Å²) < 4.78 is 0. The molecule has 1 heteroatoms. The van der Waals surface area contributed by atoms with Gasteiger partial charge in [0.15, 0.2) is 0 Å². The van der Waals surface area contributed by atoms with Crippen molar-refractivity contribution in [1.29, 1.82) is 0 Å². The molecule has 0 aliphatic heterocycles. The van der Waals surface area contributed by atoms with Gasteiger partial charge in [0.05, 0.1) is 0 Å². The molecule has 1 radical (unpaired) electrons. The molecule has 0 saturated carbocycles. The summed E-state index contributed by atoms with van der Waals surface area (Å²) in [5.74, 6) is 0. The fraction of sp³-hybridized carbons (Fsp3) is 0.455. The normalized spacial score (nSPS) is 11.6. The molecule has 65 valence electrons. The second-order valence-corrected chi connectivity index (χ2v) is 4.10. The van der Waals surface area contributed by atoms with E-state index in [4.69, 9.17) is 0 Å². The third kappa shape index (κ3) is 3.51. The van der Waals surface area contributed by atoms with Gasteiger partial charge in [-0.1, -0.05) is 26.8 Å². The van der Waals surface area contributed by atoms with Gasteiger partial charge >= 0.3 is 0 Å². The summed E-state index contributed by atoms with van der Waals surface area (Å²) in [4.78, 5) is 4.25. The summed E-state index contributed by atoms with van der Waals surface area (Å²) in [6.45, 7) is 6.61. The van der Waals surface area contributed by atoms with Crippen LogP contribution in [-0.2, 0) is 6.42 Å². The average molecular weight is 162 g/mol. The van der Waals surface area contributed by atoms with Crippen molar-refractivity contribution < 1.29 is 0 Å². The maximum atomic E-state index is 4.25. The predicted octanol–water partition coefficient (Wildman–Crippen LogP) is 2.87. The van der Waals surface area contributed by atoms with Crippen LogP contribution in [0.3, 0.4) is 0 Å². The van der Waals surface area contributed by atoms with Crippen molar-refractivity contribution in [3.8, 4) is 0 Å². The van der Waals surface area contributed by atoms with Crippen LogP contribution < -0.4 is 0 Å². The molecule has 0 fully saturated rings. The van der Waals surface area contributed by atoms with Gasteiger partial charge in [-0.3, -0.25) is 4.98 Å². The van der Waals surface area contributed by atoms with Gasteiger partial charge in [0.2, 0.25) is 0 Å². The van der Waals surface area contributed by atoms with Crippen LogP contribution in [0.2, 0.25) is 0 Å². The van der Waals surface area contributed by atoms with Crippen molar-refractivity contribution in [2.45, 2.75) is 27.2 Å². The Hall–Kier alpha value is -0.850. The summed E-state index contributed by atoms with van der Waals surface area (Å²) in [6, 6.07) is 6.03. The fourth-order valence-electron chi connectivity index (χ4n) is 0.930. The molecule has 0 N–H and O–H groups in total. The largest absolute Gasteiger partial charge is 0.261 e. The van der Waals surface area contributed by atoms with E-state index in [-0.39, 0.29) is 5.41 Å². The average Bonchev–Trinajstić information content (AvgIpc) is 2.02. The van der Waals surface area contributed by atoms with Crippen LogP contribution in [0.25, 0.3) is 0 Å². The number of hydrogen-bond acceptors (Lipinski definition) is 1. The van der Waals surface area contributed by atoms with Crippen LogP contribution in [-0.4, -0.2) is 4.98 Å². The van der Waals surface area contributed by atoms with Crippen LogP contribution in [0, 0.1) is 11.8 Å². The topological polar surface area (TPSA) is 12.9 Å². The third-order valence-corrected chi connectivity index (χ3v) is 1.65. The monoisotopic (exact) mass is 162 g/mol. The lowest BCUT2D eigenvalue weighted by Crippen LogP contribution is -2.07. The first-order chi connectivity index (χ1) is 5.58. The molecule has 1 rings (SSSR count). The van der Waals surface area contributed by atoms with Crippen LogP contribution in [0.1, 0.15) is 26.5 Å². The molecule has 0 saturated heterocycles. The second-order valence-electron chi connectivity index (χ2n) is 4.10. The fourth-order valence-corrected chi connectivity index (χ4v) is 0.930. The summed E-state index contributed by atoms with van der Waals surface area (Å²) in [6.07, 6.45) is 5.09. The number of aromatic nitrogens is 1. The maximum Gasteiger partial charge on any atom is 0.0406 e. The summed E-state index contributed by atoms with van der Waals surface area (Å²) in [7, 11) is 0. The Kier molecular flexibility index (Phi) is 2.85. The molecule has 0 amide bonds. The van der Waals surface area contributed by atoms with Crippen molar-refractivity contribution in [2.75, 3.05) is 0 Å². The van der Waals surface area contributed by atoms with Crippen molar-refractivity contribution in [1.82, 2.24) is 4.98 Å². The summed E-state index contributed by atoms with van der Waals surface area (Å²) >= 11 is 0. The van der Waals surface area contributed by atoms with E-state index in [0.29, 0.717) is 0 Å². The van der Waals surface area contributed by atoms with Gasteiger partial charge in [-0.15, -0.1) is 0 Å². The highest BCUT2D eigenvalue weighted by atomic mass is 14.7. The number of hydrogen-bond donors (Lipinski definition) is 0. The lowest BCUT2D eigenvalue weighted by Gasteiger charge is -2.16. The van der Waals surface area contributed by atoms with Gasteiger partial charge in [0.1, 0.15) is 0 Å². The molecule has 1 nitrogen and oxygen atoms in total. The van der Waals surface area contributed by atoms with E-state index in [1.165, 1.54) is 0 Å². The maximum absolute atomic E-state index is 4.25. The van der Waals surface area contributed by atoms with E-state index in [2.05, 4.69) is 38.2 Å². The molecule has 12 heavy (non-hydrogen) atoms. The first-order valence-electron chi connectivity index (χ1n) is 4.32. The van der Waals surface area contributed by atoms with Gasteiger partial charge in [0, 0.05) is 11.9 Å². The Bertz CT molecular complexity index is 221. The van der Waals surface area contributed by atoms with Crippen molar-refractivity contribution in [3.05, 3.63) is 36.5 Å². The quantitative estimate of drug-likeness (QED) is 0.651. The Balaban J connectivity index is 2.44. The molecule has 0 atom stereocenters. The third-order valence-electron chi connectivity index (χ3n) is 1.65. The molecule has 1 heterocycles. The van der Waals surface area contributed by atoms with Crippen molar-refractivity contribution in [3.63, 3.8) is 0 Å². The molecular weight excluding hydrogens is 146 g/mol. The van der Waals surface area contributed by atoms with E-state index in [1.807, 2.05) is 18.3 Å². The zero-order valence-corrected chi connectivity index (χ0v) is 8.04. The van der Waals surface area contributed by atoms with E-state index in [1.54, 1.807) is 0 Å². The minimum Gasteiger partial charge on any atom is -0.261 e. The zero-order valence-electron chi connectivity index (χ0n) is 8.04. The Morgan fingerprint density at radius 3 is 2.58 bits per heavy atom. The zero-order chi connectivity index (χ0) is 9.03. The van der Waals surface area contributed by atoms with E-state index in [0.717, 1.165) is 12.1 Å². The van der Waals surface area contributed by atoms with Gasteiger partial charge in [0.25, 0.3) is 0 Å². The summed E-state index contributed by atoms with van der Waals surface area (Å²) in [5, 5.41) is 0. The van der Waals surface area contributed by atoms with E-state index in [9.17, 15) is 0 Å². The second kappa shape index (κ2) is 3.70. The lowest BCUT2D eigenvalue weighted by atomic mass is 9.90. The minimum absolute atomic E-state index is 0.289. The number of rotatable bonds is 2. The molecule has 1 aromatic heterocycles. The highest BCUT2D eigenvalue weighted by Crippen LogP contribution is 2.19.